The Balaban J connectivity index is 1.05. The van der Waals surface area contributed by atoms with Crippen LogP contribution in [0.5, 0.6) is 0 Å². The van der Waals surface area contributed by atoms with Gasteiger partial charge in [0.25, 0.3) is 0 Å². The zero-order valence-corrected chi connectivity index (χ0v) is 21.4. The van der Waals surface area contributed by atoms with Crippen molar-refractivity contribution in [3.63, 3.8) is 0 Å². The van der Waals surface area contributed by atoms with E-state index in [0.29, 0.717) is 18.3 Å². The number of morpholine rings is 1. The van der Waals surface area contributed by atoms with Gasteiger partial charge in [-0.15, -0.1) is 10.2 Å². The van der Waals surface area contributed by atoms with Crippen LogP contribution < -0.4 is 0 Å². The number of ether oxygens (including phenoxy) is 1. The Bertz CT molecular complexity index is 1520. The minimum atomic E-state index is 0.527. The Labute approximate surface area is 220 Å². The first-order valence-corrected chi connectivity index (χ1v) is 13.4. The number of nitrogens with zero attached hydrogens (tertiary/aromatic N) is 6. The minimum Gasteiger partial charge on any atom is -0.419 e. The molecule has 196 valence electrons. The molecule has 7 rings (SSSR count). The number of aromatic nitrogens is 5. The van der Waals surface area contributed by atoms with E-state index in [1.807, 2.05) is 12.4 Å². The lowest BCUT2D eigenvalue weighted by Crippen LogP contribution is -2.49. The normalized spacial score (nSPS) is 18.1. The van der Waals surface area contributed by atoms with Crippen molar-refractivity contribution in [3.05, 3.63) is 54.7 Å². The third-order valence-electron chi connectivity index (χ3n) is 7.82. The van der Waals surface area contributed by atoms with Gasteiger partial charge in [-0.1, -0.05) is 12.1 Å². The minimum absolute atomic E-state index is 0.527. The van der Waals surface area contributed by atoms with Crippen molar-refractivity contribution >= 4 is 21.8 Å². The maximum Gasteiger partial charge on any atom is 0.248 e. The predicted octanol–water partition coefficient (Wildman–Crippen LogP) is 3.21. The first kappa shape index (κ1) is 23.5. The molecule has 0 saturated carbocycles. The average Bonchev–Trinajstić information content (AvgIpc) is 3.73. The molecule has 2 aromatic carbocycles. The topological polar surface area (TPSA) is 102 Å². The second kappa shape index (κ2) is 10.3. The second-order valence-electron chi connectivity index (χ2n) is 10.2. The second-order valence-corrected chi connectivity index (χ2v) is 10.2. The Kier molecular flexibility index (Phi) is 6.38. The van der Waals surface area contributed by atoms with E-state index in [9.17, 15) is 0 Å². The van der Waals surface area contributed by atoms with Crippen molar-refractivity contribution < 1.29 is 9.15 Å². The first-order chi connectivity index (χ1) is 18.8. The summed E-state index contributed by atoms with van der Waals surface area (Å²) in [7, 11) is 0. The number of H-pyrrole nitrogens is 2. The van der Waals surface area contributed by atoms with Gasteiger partial charge < -0.3 is 14.1 Å². The number of piperazine rings is 1. The molecular formula is C28H32N8O2. The lowest BCUT2D eigenvalue weighted by atomic mass is 9.98. The average molecular weight is 513 g/mol. The molecule has 2 aliphatic heterocycles. The maximum absolute atomic E-state index is 6.22. The largest absolute Gasteiger partial charge is 0.419 e. The lowest BCUT2D eigenvalue weighted by Gasteiger charge is -2.35. The van der Waals surface area contributed by atoms with Crippen molar-refractivity contribution in [3.8, 4) is 22.6 Å². The van der Waals surface area contributed by atoms with E-state index in [-0.39, 0.29) is 0 Å². The molecule has 0 spiro atoms. The number of rotatable bonds is 7. The van der Waals surface area contributed by atoms with Crippen LogP contribution in [0.25, 0.3) is 44.4 Å². The Morgan fingerprint density at radius 1 is 0.789 bits per heavy atom. The van der Waals surface area contributed by atoms with Gasteiger partial charge in [-0.05, 0) is 35.4 Å². The lowest BCUT2D eigenvalue weighted by molar-refractivity contribution is 0.0294. The molecule has 38 heavy (non-hydrogen) atoms. The quantitative estimate of drug-likeness (QED) is 0.343. The van der Waals surface area contributed by atoms with Crippen molar-refractivity contribution in [1.82, 2.24) is 40.1 Å². The number of aromatic amines is 2. The van der Waals surface area contributed by atoms with Crippen LogP contribution in [0.3, 0.4) is 0 Å². The van der Waals surface area contributed by atoms with Crippen LogP contribution in [-0.2, 0) is 11.3 Å². The molecule has 0 unspecified atom stereocenters. The van der Waals surface area contributed by atoms with Gasteiger partial charge in [0.2, 0.25) is 11.8 Å². The summed E-state index contributed by atoms with van der Waals surface area (Å²) >= 11 is 0. The van der Waals surface area contributed by atoms with Crippen molar-refractivity contribution in [2.24, 2.45) is 0 Å². The Morgan fingerprint density at radius 3 is 2.47 bits per heavy atom. The van der Waals surface area contributed by atoms with Gasteiger partial charge in [-0.25, -0.2) is 0 Å². The predicted molar refractivity (Wildman–Crippen MR) is 146 cm³/mol. The molecule has 2 N–H and O–H groups in total. The molecule has 0 aliphatic carbocycles. The molecule has 10 nitrogen and oxygen atoms in total. The van der Waals surface area contributed by atoms with Crippen LogP contribution in [0, 0.1) is 0 Å². The van der Waals surface area contributed by atoms with Crippen LogP contribution >= 0.6 is 0 Å². The van der Waals surface area contributed by atoms with Gasteiger partial charge in [0, 0.05) is 74.8 Å². The van der Waals surface area contributed by atoms with Crippen LogP contribution in [0.4, 0.5) is 0 Å². The van der Waals surface area contributed by atoms with Crippen LogP contribution in [0.15, 0.2) is 53.2 Å². The fraction of sp³-hybridized carbons (Fsp3) is 0.393. The van der Waals surface area contributed by atoms with Crippen LogP contribution in [0.1, 0.15) is 5.89 Å². The van der Waals surface area contributed by atoms with Gasteiger partial charge in [0.05, 0.1) is 37.0 Å². The van der Waals surface area contributed by atoms with E-state index >= 15 is 0 Å². The summed E-state index contributed by atoms with van der Waals surface area (Å²) in [6.45, 7) is 10.9. The standard InChI is InChI=1S/C28H32N8O2/c1-2-21(22-4-5-29-25(22)3-1)20-16-23(24-18-30-31-26(24)17-20)28-33-32-27(38-28)19-36-10-8-34(9-11-36)6-7-35-12-14-37-15-13-35/h1-5,16-18,29H,6-15,19H2,(H,30,31). The molecule has 5 aromatic rings. The summed E-state index contributed by atoms with van der Waals surface area (Å²) in [5, 5.41) is 18.4. The molecule has 5 heterocycles. The molecule has 10 heteroatoms. The fourth-order valence-corrected chi connectivity index (χ4v) is 5.62. The third-order valence-corrected chi connectivity index (χ3v) is 7.82. The summed E-state index contributed by atoms with van der Waals surface area (Å²) in [5.41, 5.74) is 5.17. The molecular weight excluding hydrogens is 480 g/mol. The highest BCUT2D eigenvalue weighted by Gasteiger charge is 2.21. The van der Waals surface area contributed by atoms with E-state index in [1.54, 1.807) is 0 Å². The Hall–Kier alpha value is -3.57. The number of fused-ring (bicyclic) bond motifs is 2. The van der Waals surface area contributed by atoms with Gasteiger partial charge in [0.15, 0.2) is 0 Å². The summed E-state index contributed by atoms with van der Waals surface area (Å²) in [6.07, 6.45) is 3.80. The monoisotopic (exact) mass is 512 g/mol. The third kappa shape index (κ3) is 4.71. The van der Waals surface area contributed by atoms with Crippen molar-refractivity contribution in [2.75, 3.05) is 65.6 Å². The molecule has 2 saturated heterocycles. The van der Waals surface area contributed by atoms with Gasteiger partial charge in [-0.2, -0.15) is 5.10 Å². The van der Waals surface area contributed by atoms with Gasteiger partial charge in [-0.3, -0.25) is 19.8 Å². The SMILES string of the molecule is c1cc(-c2cc(-c3nnc(CN4CCN(CCN5CCOCC5)CC4)o3)c3cn[nH]c3c2)c2cc[nH]c2c1. The van der Waals surface area contributed by atoms with Crippen LogP contribution in [0.2, 0.25) is 0 Å². The van der Waals surface area contributed by atoms with E-state index < -0.39 is 0 Å². The molecule has 0 radical (unpaired) electrons. The smallest absolute Gasteiger partial charge is 0.248 e. The molecule has 2 fully saturated rings. The number of benzene rings is 2. The summed E-state index contributed by atoms with van der Waals surface area (Å²) in [5.74, 6) is 1.18. The van der Waals surface area contributed by atoms with E-state index in [4.69, 9.17) is 9.15 Å². The zero-order chi connectivity index (χ0) is 25.3. The summed E-state index contributed by atoms with van der Waals surface area (Å²) in [6, 6.07) is 12.7. The molecule has 3 aromatic heterocycles. The molecule has 2 aliphatic rings. The maximum atomic E-state index is 6.22. The highest BCUT2D eigenvalue weighted by atomic mass is 16.5. The Morgan fingerprint density at radius 2 is 1.61 bits per heavy atom. The van der Waals surface area contributed by atoms with Crippen molar-refractivity contribution in [1.29, 1.82) is 0 Å². The summed E-state index contributed by atoms with van der Waals surface area (Å²) in [4.78, 5) is 10.8. The van der Waals surface area contributed by atoms with Crippen molar-refractivity contribution in [2.45, 2.75) is 6.54 Å². The number of nitrogens with one attached hydrogen (secondary N) is 2. The van der Waals surface area contributed by atoms with E-state index in [2.05, 4.69) is 76.5 Å². The first-order valence-electron chi connectivity index (χ1n) is 13.4. The van der Waals surface area contributed by atoms with Gasteiger partial charge >= 0.3 is 0 Å². The molecule has 0 amide bonds. The highest BCUT2D eigenvalue weighted by Crippen LogP contribution is 2.35. The zero-order valence-electron chi connectivity index (χ0n) is 21.4. The summed E-state index contributed by atoms with van der Waals surface area (Å²) < 4.78 is 11.7. The fourth-order valence-electron chi connectivity index (χ4n) is 5.62. The molecule has 0 atom stereocenters. The van der Waals surface area contributed by atoms with Crippen LogP contribution in [-0.4, -0.2) is 106 Å². The molecule has 0 bridgehead atoms. The van der Waals surface area contributed by atoms with E-state index in [1.165, 1.54) is 5.39 Å². The highest BCUT2D eigenvalue weighted by molar-refractivity contribution is 6.01. The number of hydrogen-bond acceptors (Lipinski definition) is 8. The van der Waals surface area contributed by atoms with Gasteiger partial charge in [0.1, 0.15) is 0 Å². The van der Waals surface area contributed by atoms with E-state index in [0.717, 1.165) is 98.7 Å². The number of hydrogen-bond donors (Lipinski definition) is 2.